The Kier molecular flexibility index (Phi) is 6.78. The lowest BCUT2D eigenvalue weighted by atomic mass is 9.81. The Morgan fingerprint density at radius 2 is 1.52 bits per heavy atom. The molecule has 0 saturated heterocycles. The van der Waals surface area contributed by atoms with Crippen LogP contribution in [0.4, 0.5) is 0 Å². The van der Waals surface area contributed by atoms with Crippen molar-refractivity contribution in [2.24, 2.45) is 11.3 Å². The molecule has 27 heavy (non-hydrogen) atoms. The number of benzene rings is 2. The molecule has 0 amide bonds. The number of hydrogen-bond donors (Lipinski definition) is 0. The molecule has 0 bridgehead atoms. The number of hydrogen-bond acceptors (Lipinski definition) is 0. The van der Waals surface area contributed by atoms with Crippen LogP contribution in [0.25, 0.3) is 16.7 Å². The van der Waals surface area contributed by atoms with Crippen molar-refractivity contribution in [3.05, 3.63) is 75.9 Å². The first-order valence-electron chi connectivity index (χ1n) is 9.67. The van der Waals surface area contributed by atoms with Gasteiger partial charge in [0.2, 0.25) is 0 Å². The van der Waals surface area contributed by atoms with E-state index in [1.54, 1.807) is 0 Å². The molecule has 0 aromatic heterocycles. The summed E-state index contributed by atoms with van der Waals surface area (Å²) in [6.07, 6.45) is 4.45. The SMILES string of the molecule is C=C(/C=C\C(C)C(C)(C)C)c1cc(I)cc(-c2ccc(C(C)(C)C)cc2)c1. The zero-order valence-corrected chi connectivity index (χ0v) is 20.0. The number of allylic oxidation sites excluding steroid dienone is 3. The van der Waals surface area contributed by atoms with E-state index in [1.165, 1.54) is 25.8 Å². The van der Waals surface area contributed by atoms with Gasteiger partial charge in [0.1, 0.15) is 0 Å². The summed E-state index contributed by atoms with van der Waals surface area (Å²) in [4.78, 5) is 0. The largest absolute Gasteiger partial charge is 0.0912 e. The fourth-order valence-electron chi connectivity index (χ4n) is 2.75. The van der Waals surface area contributed by atoms with Crippen LogP contribution in [0.5, 0.6) is 0 Å². The van der Waals surface area contributed by atoms with E-state index in [9.17, 15) is 0 Å². The van der Waals surface area contributed by atoms with Gasteiger partial charge in [-0.3, -0.25) is 0 Å². The molecule has 2 aromatic rings. The maximum atomic E-state index is 4.31. The van der Waals surface area contributed by atoms with Crippen molar-refractivity contribution in [3.63, 3.8) is 0 Å². The molecule has 0 N–H and O–H groups in total. The Morgan fingerprint density at radius 3 is 2.04 bits per heavy atom. The van der Waals surface area contributed by atoms with Gasteiger partial charge in [-0.2, -0.15) is 0 Å². The van der Waals surface area contributed by atoms with Crippen LogP contribution in [0.2, 0.25) is 0 Å². The molecule has 0 saturated carbocycles. The van der Waals surface area contributed by atoms with Gasteiger partial charge < -0.3 is 0 Å². The van der Waals surface area contributed by atoms with Crippen molar-refractivity contribution < 1.29 is 0 Å². The van der Waals surface area contributed by atoms with Crippen LogP contribution in [-0.4, -0.2) is 0 Å². The van der Waals surface area contributed by atoms with E-state index in [2.05, 4.69) is 132 Å². The third-order valence-electron chi connectivity index (χ3n) is 5.30. The lowest BCUT2D eigenvalue weighted by molar-refractivity contribution is 0.314. The minimum Gasteiger partial charge on any atom is -0.0912 e. The fraction of sp³-hybridized carbons (Fsp3) is 0.385. The van der Waals surface area contributed by atoms with E-state index >= 15 is 0 Å². The van der Waals surface area contributed by atoms with Crippen molar-refractivity contribution in [2.45, 2.75) is 53.9 Å². The zero-order chi connectivity index (χ0) is 20.4. The Labute approximate surface area is 179 Å². The summed E-state index contributed by atoms with van der Waals surface area (Å²) in [5.74, 6) is 0.501. The van der Waals surface area contributed by atoms with Crippen LogP contribution in [0.3, 0.4) is 0 Å². The number of rotatable bonds is 4. The molecule has 1 unspecified atom stereocenters. The summed E-state index contributed by atoms with van der Waals surface area (Å²) in [5.41, 5.74) is 6.56. The first-order valence-corrected chi connectivity index (χ1v) is 10.7. The van der Waals surface area contributed by atoms with Gasteiger partial charge in [0.25, 0.3) is 0 Å². The second-order valence-electron chi connectivity index (χ2n) is 9.59. The average molecular weight is 472 g/mol. The summed E-state index contributed by atoms with van der Waals surface area (Å²) >= 11 is 2.40. The van der Waals surface area contributed by atoms with Gasteiger partial charge in [0, 0.05) is 3.57 Å². The maximum absolute atomic E-state index is 4.31. The van der Waals surface area contributed by atoms with Crippen LogP contribution in [0, 0.1) is 14.9 Å². The van der Waals surface area contributed by atoms with Crippen molar-refractivity contribution >= 4 is 28.2 Å². The Bertz CT molecular complexity index is 824. The van der Waals surface area contributed by atoms with Crippen LogP contribution in [0.15, 0.2) is 61.2 Å². The van der Waals surface area contributed by atoms with Gasteiger partial charge >= 0.3 is 0 Å². The van der Waals surface area contributed by atoms with E-state index in [1.807, 2.05) is 0 Å². The molecule has 0 aliphatic heterocycles. The van der Waals surface area contributed by atoms with Crippen LogP contribution in [0.1, 0.15) is 59.6 Å². The molecule has 0 radical (unpaired) electrons. The molecule has 2 rings (SSSR count). The zero-order valence-electron chi connectivity index (χ0n) is 17.9. The molecule has 0 aliphatic carbocycles. The second-order valence-corrected chi connectivity index (χ2v) is 10.8. The van der Waals surface area contributed by atoms with E-state index < -0.39 is 0 Å². The quantitative estimate of drug-likeness (QED) is 0.309. The average Bonchev–Trinajstić information content (AvgIpc) is 2.57. The van der Waals surface area contributed by atoms with Gasteiger partial charge in [-0.1, -0.05) is 91.5 Å². The molecule has 2 aromatic carbocycles. The summed E-state index contributed by atoms with van der Waals surface area (Å²) in [7, 11) is 0. The van der Waals surface area contributed by atoms with Gasteiger partial charge in [-0.25, -0.2) is 0 Å². The van der Waals surface area contributed by atoms with Gasteiger partial charge in [0.15, 0.2) is 0 Å². The highest BCUT2D eigenvalue weighted by Crippen LogP contribution is 2.31. The van der Waals surface area contributed by atoms with E-state index in [0.717, 1.165) is 5.57 Å². The lowest BCUT2D eigenvalue weighted by Crippen LogP contribution is -2.14. The van der Waals surface area contributed by atoms with Crippen LogP contribution < -0.4 is 0 Å². The third-order valence-corrected chi connectivity index (χ3v) is 5.93. The minimum atomic E-state index is 0.178. The maximum Gasteiger partial charge on any atom is 0.0142 e. The summed E-state index contributed by atoms with van der Waals surface area (Å²) < 4.78 is 1.23. The summed E-state index contributed by atoms with van der Waals surface area (Å²) in [6.45, 7) is 20.1. The van der Waals surface area contributed by atoms with E-state index in [0.29, 0.717) is 5.92 Å². The molecular weight excluding hydrogens is 439 g/mol. The smallest absolute Gasteiger partial charge is 0.0142 e. The van der Waals surface area contributed by atoms with Gasteiger partial charge in [-0.05, 0) is 85.4 Å². The molecule has 0 fully saturated rings. The molecule has 1 heteroatoms. The Morgan fingerprint density at radius 1 is 0.926 bits per heavy atom. The van der Waals surface area contributed by atoms with E-state index in [4.69, 9.17) is 0 Å². The summed E-state index contributed by atoms with van der Waals surface area (Å²) in [5, 5.41) is 0. The molecule has 0 nitrogen and oxygen atoms in total. The first kappa shape index (κ1) is 21.9. The molecular formula is C26H33I. The predicted octanol–water partition coefficient (Wildman–Crippen LogP) is 8.51. The van der Waals surface area contributed by atoms with Gasteiger partial charge in [0.05, 0.1) is 0 Å². The fourth-order valence-corrected chi connectivity index (χ4v) is 3.42. The minimum absolute atomic E-state index is 0.178. The summed E-state index contributed by atoms with van der Waals surface area (Å²) in [6, 6.07) is 15.7. The van der Waals surface area contributed by atoms with Crippen LogP contribution >= 0.6 is 22.6 Å². The van der Waals surface area contributed by atoms with Crippen LogP contribution in [-0.2, 0) is 5.41 Å². The van der Waals surface area contributed by atoms with Crippen molar-refractivity contribution in [1.82, 2.24) is 0 Å². The lowest BCUT2D eigenvalue weighted by Gasteiger charge is -2.24. The highest BCUT2D eigenvalue weighted by Gasteiger charge is 2.17. The van der Waals surface area contributed by atoms with Crippen molar-refractivity contribution in [2.75, 3.05) is 0 Å². The number of halogens is 1. The molecule has 1 atom stereocenters. The highest BCUT2D eigenvalue weighted by molar-refractivity contribution is 14.1. The second kappa shape index (κ2) is 8.34. The van der Waals surface area contributed by atoms with Crippen molar-refractivity contribution in [1.29, 1.82) is 0 Å². The molecule has 0 heterocycles. The first-order chi connectivity index (χ1) is 12.4. The third kappa shape index (κ3) is 6.07. The van der Waals surface area contributed by atoms with Gasteiger partial charge in [-0.15, -0.1) is 0 Å². The highest BCUT2D eigenvalue weighted by atomic mass is 127. The monoisotopic (exact) mass is 472 g/mol. The predicted molar refractivity (Wildman–Crippen MR) is 130 cm³/mol. The normalized spacial score (nSPS) is 13.8. The Balaban J connectivity index is 2.31. The topological polar surface area (TPSA) is 0 Å². The molecule has 144 valence electrons. The Hall–Kier alpha value is -1.35. The standard InChI is InChI=1S/C26H33I/c1-18(9-10-19(2)25(3,4)5)21-15-22(17-24(27)16-21)20-11-13-23(14-12-20)26(6,7)8/h9-17,19H,1H2,2-8H3/b10-9-. The van der Waals surface area contributed by atoms with Crippen molar-refractivity contribution in [3.8, 4) is 11.1 Å². The molecule has 0 spiro atoms. The molecule has 0 aliphatic rings. The van der Waals surface area contributed by atoms with E-state index in [-0.39, 0.29) is 10.8 Å².